The van der Waals surface area contributed by atoms with E-state index in [1.165, 1.54) is 0 Å². The Hall–Kier alpha value is -2.21. The second-order valence-electron chi connectivity index (χ2n) is 5.09. The normalized spacial score (nSPS) is 13.5. The van der Waals surface area contributed by atoms with Crippen LogP contribution in [-0.4, -0.2) is 42.3 Å². The van der Waals surface area contributed by atoms with Crippen LogP contribution in [0.3, 0.4) is 0 Å². The van der Waals surface area contributed by atoms with E-state index in [4.69, 9.17) is 5.73 Å². The summed E-state index contributed by atoms with van der Waals surface area (Å²) in [5.74, 6) is -1.15. The first kappa shape index (κ1) is 15.2. The Balaban J connectivity index is 1.98. The molecule has 6 heteroatoms. The molecule has 2 rings (SSSR count). The Labute approximate surface area is 123 Å². The van der Waals surface area contributed by atoms with Crippen LogP contribution in [0, 0.1) is 6.92 Å². The molecule has 1 aliphatic heterocycles. The highest BCUT2D eigenvalue weighted by Crippen LogP contribution is 2.23. The fraction of sp³-hybridized carbons (Fsp3) is 0.400. The van der Waals surface area contributed by atoms with Gasteiger partial charge >= 0.3 is 0 Å². The number of unbranched alkanes of at least 4 members (excludes halogenated alkanes) is 1. The van der Waals surface area contributed by atoms with Crippen molar-refractivity contribution in [2.75, 3.05) is 19.6 Å². The molecule has 1 aliphatic rings. The van der Waals surface area contributed by atoms with Crippen molar-refractivity contribution < 1.29 is 14.4 Å². The van der Waals surface area contributed by atoms with Gasteiger partial charge in [0.05, 0.1) is 11.1 Å². The second kappa shape index (κ2) is 6.49. The number of imide groups is 1. The topological polar surface area (TPSA) is 92.5 Å². The SMILES string of the molecule is Cc1ccc2c(c1)C(=O)N(CC(=O)NCCCCN)C2=O. The maximum Gasteiger partial charge on any atom is 0.262 e. The van der Waals surface area contributed by atoms with E-state index in [-0.39, 0.29) is 12.5 Å². The highest BCUT2D eigenvalue weighted by atomic mass is 16.2. The molecule has 0 aliphatic carbocycles. The molecule has 21 heavy (non-hydrogen) atoms. The van der Waals surface area contributed by atoms with E-state index in [0.717, 1.165) is 23.3 Å². The van der Waals surface area contributed by atoms with Crippen LogP contribution in [0.4, 0.5) is 0 Å². The van der Waals surface area contributed by atoms with Crippen molar-refractivity contribution in [2.45, 2.75) is 19.8 Å². The van der Waals surface area contributed by atoms with E-state index in [9.17, 15) is 14.4 Å². The van der Waals surface area contributed by atoms with Crippen LogP contribution >= 0.6 is 0 Å². The standard InChI is InChI=1S/C15H19N3O3/c1-10-4-5-11-12(8-10)15(21)18(14(11)20)9-13(19)17-7-3-2-6-16/h4-5,8H,2-3,6-7,9,16H2,1H3,(H,17,19). The summed E-state index contributed by atoms with van der Waals surface area (Å²) in [6, 6.07) is 5.08. The van der Waals surface area contributed by atoms with Gasteiger partial charge in [-0.3, -0.25) is 19.3 Å². The lowest BCUT2D eigenvalue weighted by molar-refractivity contribution is -0.121. The number of rotatable bonds is 6. The largest absolute Gasteiger partial charge is 0.355 e. The summed E-state index contributed by atoms with van der Waals surface area (Å²) >= 11 is 0. The van der Waals surface area contributed by atoms with Crippen molar-refractivity contribution >= 4 is 17.7 Å². The number of hydrogen-bond donors (Lipinski definition) is 2. The van der Waals surface area contributed by atoms with E-state index < -0.39 is 11.8 Å². The number of carbonyl (C=O) groups is 3. The minimum absolute atomic E-state index is 0.242. The summed E-state index contributed by atoms with van der Waals surface area (Å²) in [6.07, 6.45) is 1.61. The Bertz CT molecular complexity index is 584. The van der Waals surface area contributed by atoms with Gasteiger partial charge in [-0.1, -0.05) is 11.6 Å². The highest BCUT2D eigenvalue weighted by Gasteiger charge is 2.36. The van der Waals surface area contributed by atoms with Gasteiger partial charge in [0.1, 0.15) is 6.54 Å². The van der Waals surface area contributed by atoms with Gasteiger partial charge in [0, 0.05) is 6.54 Å². The van der Waals surface area contributed by atoms with Gasteiger partial charge < -0.3 is 11.1 Å². The molecule has 3 N–H and O–H groups in total. The molecule has 0 bridgehead atoms. The second-order valence-corrected chi connectivity index (χ2v) is 5.09. The number of nitrogens with zero attached hydrogens (tertiary/aromatic N) is 1. The van der Waals surface area contributed by atoms with Crippen LogP contribution in [0.15, 0.2) is 18.2 Å². The summed E-state index contributed by atoms with van der Waals surface area (Å²) in [5.41, 5.74) is 7.00. The smallest absolute Gasteiger partial charge is 0.262 e. The van der Waals surface area contributed by atoms with Crippen LogP contribution < -0.4 is 11.1 Å². The fourth-order valence-electron chi connectivity index (χ4n) is 2.24. The first-order chi connectivity index (χ1) is 10.0. The molecule has 0 aromatic heterocycles. The van der Waals surface area contributed by atoms with Crippen LogP contribution in [0.5, 0.6) is 0 Å². The number of nitrogens with one attached hydrogen (secondary N) is 1. The van der Waals surface area contributed by atoms with Crippen LogP contribution in [0.1, 0.15) is 39.1 Å². The predicted molar refractivity (Wildman–Crippen MR) is 77.8 cm³/mol. The summed E-state index contributed by atoms with van der Waals surface area (Å²) in [7, 11) is 0. The minimum Gasteiger partial charge on any atom is -0.355 e. The Kier molecular flexibility index (Phi) is 4.70. The zero-order chi connectivity index (χ0) is 15.4. The van der Waals surface area contributed by atoms with Crippen molar-refractivity contribution in [2.24, 2.45) is 5.73 Å². The van der Waals surface area contributed by atoms with E-state index in [2.05, 4.69) is 5.32 Å². The fourth-order valence-corrected chi connectivity index (χ4v) is 2.24. The predicted octanol–water partition coefficient (Wildman–Crippen LogP) is 0.446. The van der Waals surface area contributed by atoms with Gasteiger partial charge in [0.2, 0.25) is 5.91 Å². The van der Waals surface area contributed by atoms with Crippen LogP contribution in [0.2, 0.25) is 0 Å². The number of hydrogen-bond acceptors (Lipinski definition) is 4. The highest BCUT2D eigenvalue weighted by molar-refractivity contribution is 6.22. The molecular formula is C15H19N3O3. The molecule has 0 saturated heterocycles. The van der Waals surface area contributed by atoms with Crippen LogP contribution in [0.25, 0.3) is 0 Å². The quantitative estimate of drug-likeness (QED) is 0.587. The first-order valence-electron chi connectivity index (χ1n) is 6.98. The van der Waals surface area contributed by atoms with Crippen molar-refractivity contribution in [1.82, 2.24) is 10.2 Å². The molecular weight excluding hydrogens is 270 g/mol. The molecule has 6 nitrogen and oxygen atoms in total. The molecule has 3 amide bonds. The molecule has 1 aromatic carbocycles. The first-order valence-corrected chi connectivity index (χ1v) is 6.98. The average Bonchev–Trinajstić information content (AvgIpc) is 2.68. The Morgan fingerprint density at radius 1 is 1.19 bits per heavy atom. The van der Waals surface area contributed by atoms with E-state index in [1.807, 2.05) is 6.92 Å². The molecule has 1 heterocycles. The van der Waals surface area contributed by atoms with E-state index in [1.54, 1.807) is 18.2 Å². The lowest BCUT2D eigenvalue weighted by atomic mass is 10.1. The van der Waals surface area contributed by atoms with E-state index >= 15 is 0 Å². The summed E-state index contributed by atoms with van der Waals surface area (Å²) in [5, 5.41) is 2.68. The number of aryl methyl sites for hydroxylation is 1. The third kappa shape index (κ3) is 3.28. The molecule has 0 unspecified atom stereocenters. The monoisotopic (exact) mass is 289 g/mol. The van der Waals surface area contributed by atoms with Gasteiger partial charge in [0.25, 0.3) is 11.8 Å². The maximum atomic E-state index is 12.2. The Morgan fingerprint density at radius 2 is 1.90 bits per heavy atom. The minimum atomic E-state index is -0.410. The van der Waals surface area contributed by atoms with Gasteiger partial charge in [0.15, 0.2) is 0 Å². The molecule has 0 radical (unpaired) electrons. The summed E-state index contributed by atoms with van der Waals surface area (Å²) in [4.78, 5) is 37.1. The Morgan fingerprint density at radius 3 is 2.62 bits per heavy atom. The van der Waals surface area contributed by atoms with Crippen molar-refractivity contribution in [3.63, 3.8) is 0 Å². The zero-order valence-corrected chi connectivity index (χ0v) is 12.0. The van der Waals surface area contributed by atoms with Crippen LogP contribution in [-0.2, 0) is 4.79 Å². The number of fused-ring (bicyclic) bond motifs is 1. The molecule has 0 saturated carbocycles. The van der Waals surface area contributed by atoms with Gasteiger partial charge in [-0.25, -0.2) is 0 Å². The van der Waals surface area contributed by atoms with Crippen molar-refractivity contribution in [3.05, 3.63) is 34.9 Å². The third-order valence-corrected chi connectivity index (χ3v) is 3.38. The maximum absolute atomic E-state index is 12.2. The van der Waals surface area contributed by atoms with E-state index in [0.29, 0.717) is 24.2 Å². The molecule has 112 valence electrons. The average molecular weight is 289 g/mol. The third-order valence-electron chi connectivity index (χ3n) is 3.38. The molecule has 0 atom stereocenters. The number of nitrogens with two attached hydrogens (primary N) is 1. The van der Waals surface area contributed by atoms with Gasteiger partial charge in [-0.15, -0.1) is 0 Å². The van der Waals surface area contributed by atoms with Crippen molar-refractivity contribution in [3.8, 4) is 0 Å². The number of carbonyl (C=O) groups excluding carboxylic acids is 3. The van der Waals surface area contributed by atoms with Gasteiger partial charge in [-0.05, 0) is 38.4 Å². The molecule has 1 aromatic rings. The molecule has 0 fully saturated rings. The lowest BCUT2D eigenvalue weighted by Gasteiger charge is -2.13. The number of amides is 3. The van der Waals surface area contributed by atoms with Crippen molar-refractivity contribution in [1.29, 1.82) is 0 Å². The lowest BCUT2D eigenvalue weighted by Crippen LogP contribution is -2.40. The summed E-state index contributed by atoms with van der Waals surface area (Å²) in [6.45, 7) is 2.69. The van der Waals surface area contributed by atoms with Gasteiger partial charge in [-0.2, -0.15) is 0 Å². The number of benzene rings is 1. The zero-order valence-electron chi connectivity index (χ0n) is 12.0. The molecule has 0 spiro atoms. The summed E-state index contributed by atoms with van der Waals surface area (Å²) < 4.78 is 0.